The molecule has 0 aliphatic heterocycles. The Morgan fingerprint density at radius 2 is 1.64 bits per heavy atom. The number of benzene rings is 2. The van der Waals surface area contributed by atoms with E-state index in [1.807, 2.05) is 19.1 Å². The number of amides is 2. The molecule has 150 valence electrons. The van der Waals surface area contributed by atoms with Crippen LogP contribution < -0.4 is 19.5 Å². The van der Waals surface area contributed by atoms with E-state index >= 15 is 0 Å². The van der Waals surface area contributed by atoms with Crippen molar-refractivity contribution < 1.29 is 23.8 Å². The maximum Gasteiger partial charge on any atom is 0.260 e. The number of hydrogen-bond acceptors (Lipinski definition) is 5. The molecule has 0 aliphatic carbocycles. The fourth-order valence-corrected chi connectivity index (χ4v) is 2.33. The first-order valence-electron chi connectivity index (χ1n) is 9.06. The molecule has 2 amide bonds. The lowest BCUT2D eigenvalue weighted by Crippen LogP contribution is -2.37. The predicted octanol–water partition coefficient (Wildman–Crippen LogP) is 2.96. The lowest BCUT2D eigenvalue weighted by Gasteiger charge is -2.18. The molecule has 1 N–H and O–H groups in total. The zero-order valence-electron chi connectivity index (χ0n) is 16.4. The topological polar surface area (TPSA) is 77.1 Å². The summed E-state index contributed by atoms with van der Waals surface area (Å²) in [6.45, 7) is 2.32. The second-order valence-corrected chi connectivity index (χ2v) is 6.11. The first-order chi connectivity index (χ1) is 13.5. The molecule has 0 bridgehead atoms. The van der Waals surface area contributed by atoms with Crippen LogP contribution in [0.2, 0.25) is 0 Å². The third-order valence-electron chi connectivity index (χ3n) is 3.84. The molecule has 0 fully saturated rings. The van der Waals surface area contributed by atoms with Crippen LogP contribution in [0.5, 0.6) is 17.2 Å². The highest BCUT2D eigenvalue weighted by molar-refractivity contribution is 5.94. The number of methoxy groups -OCH3 is 1. The van der Waals surface area contributed by atoms with E-state index in [1.54, 1.807) is 50.6 Å². The summed E-state index contributed by atoms with van der Waals surface area (Å²) in [5.41, 5.74) is 0.630. The minimum absolute atomic E-state index is 0.0811. The van der Waals surface area contributed by atoms with E-state index < -0.39 is 0 Å². The van der Waals surface area contributed by atoms with Gasteiger partial charge in [-0.15, -0.1) is 0 Å². The number of carbonyl (C=O) groups is 2. The van der Waals surface area contributed by atoms with Gasteiger partial charge in [0.05, 0.1) is 20.3 Å². The van der Waals surface area contributed by atoms with Gasteiger partial charge in [0.1, 0.15) is 5.75 Å². The van der Waals surface area contributed by atoms with Gasteiger partial charge >= 0.3 is 0 Å². The molecule has 0 radical (unpaired) electrons. The number of ether oxygens (including phenoxy) is 3. The van der Waals surface area contributed by atoms with Gasteiger partial charge in [0, 0.05) is 12.7 Å². The number of nitrogens with one attached hydrogen (secondary N) is 1. The fraction of sp³-hybridized carbons (Fsp3) is 0.333. The van der Waals surface area contributed by atoms with E-state index in [2.05, 4.69) is 5.32 Å². The van der Waals surface area contributed by atoms with E-state index in [-0.39, 0.29) is 25.0 Å². The van der Waals surface area contributed by atoms with Crippen molar-refractivity contribution in [2.45, 2.75) is 13.3 Å². The van der Waals surface area contributed by atoms with Crippen molar-refractivity contribution in [2.24, 2.45) is 0 Å². The maximum atomic E-state index is 12.3. The summed E-state index contributed by atoms with van der Waals surface area (Å²) in [5, 5.41) is 2.74. The van der Waals surface area contributed by atoms with Gasteiger partial charge in [-0.1, -0.05) is 19.1 Å². The standard InChI is InChI=1S/C21H26N2O5/c1-4-13-27-18-7-5-6-8-19(18)28-15-21(25)23(2)14-20(24)22-16-9-11-17(26-3)12-10-16/h5-12H,4,13-15H2,1-3H3,(H,22,24). The van der Waals surface area contributed by atoms with E-state index in [4.69, 9.17) is 14.2 Å². The van der Waals surface area contributed by atoms with Crippen LogP contribution in [-0.4, -0.2) is 50.6 Å². The quantitative estimate of drug-likeness (QED) is 0.679. The summed E-state index contributed by atoms with van der Waals surface area (Å²) in [6, 6.07) is 14.1. The number of rotatable bonds is 10. The third kappa shape index (κ3) is 6.50. The molecule has 0 aromatic heterocycles. The zero-order chi connectivity index (χ0) is 20.4. The molecule has 0 saturated carbocycles. The summed E-state index contributed by atoms with van der Waals surface area (Å²) in [6.07, 6.45) is 0.874. The molecule has 0 heterocycles. The highest BCUT2D eigenvalue weighted by Gasteiger charge is 2.15. The molecule has 7 nitrogen and oxygen atoms in total. The van der Waals surface area contributed by atoms with Gasteiger partial charge in [0.15, 0.2) is 18.1 Å². The Bertz CT molecular complexity index is 777. The van der Waals surface area contributed by atoms with Gasteiger partial charge in [0.2, 0.25) is 5.91 Å². The second-order valence-electron chi connectivity index (χ2n) is 6.11. The molecule has 28 heavy (non-hydrogen) atoms. The van der Waals surface area contributed by atoms with Crippen molar-refractivity contribution in [3.63, 3.8) is 0 Å². The number of nitrogens with zero attached hydrogens (tertiary/aromatic N) is 1. The molecule has 0 aliphatic rings. The normalized spacial score (nSPS) is 10.1. The number of para-hydroxylation sites is 2. The molecular formula is C21H26N2O5. The van der Waals surface area contributed by atoms with Gasteiger partial charge in [-0.25, -0.2) is 0 Å². The Labute approximate surface area is 165 Å². The largest absolute Gasteiger partial charge is 0.497 e. The Balaban J connectivity index is 1.83. The van der Waals surface area contributed by atoms with Crippen LogP contribution in [0.1, 0.15) is 13.3 Å². The van der Waals surface area contributed by atoms with Gasteiger partial charge in [-0.3, -0.25) is 9.59 Å². The van der Waals surface area contributed by atoms with Crippen LogP contribution >= 0.6 is 0 Å². The Hall–Kier alpha value is -3.22. The predicted molar refractivity (Wildman–Crippen MR) is 107 cm³/mol. The Morgan fingerprint density at radius 3 is 2.25 bits per heavy atom. The average molecular weight is 386 g/mol. The van der Waals surface area contributed by atoms with Crippen LogP contribution in [0.15, 0.2) is 48.5 Å². The first-order valence-corrected chi connectivity index (χ1v) is 9.06. The molecule has 0 unspecified atom stereocenters. The van der Waals surface area contributed by atoms with Crippen molar-refractivity contribution in [2.75, 3.05) is 39.2 Å². The summed E-state index contributed by atoms with van der Waals surface area (Å²) in [5.74, 6) is 1.19. The summed E-state index contributed by atoms with van der Waals surface area (Å²) in [4.78, 5) is 25.7. The van der Waals surface area contributed by atoms with E-state index in [0.717, 1.165) is 6.42 Å². The number of likely N-dealkylation sites (N-methyl/N-ethyl adjacent to an activating group) is 1. The number of carbonyl (C=O) groups excluding carboxylic acids is 2. The molecule has 2 aromatic rings. The van der Waals surface area contributed by atoms with Crippen molar-refractivity contribution in [1.29, 1.82) is 0 Å². The molecule has 0 atom stereocenters. The van der Waals surface area contributed by atoms with Crippen LogP contribution in [-0.2, 0) is 9.59 Å². The smallest absolute Gasteiger partial charge is 0.260 e. The number of anilines is 1. The first kappa shape index (κ1) is 21.1. The fourth-order valence-electron chi connectivity index (χ4n) is 2.33. The average Bonchev–Trinajstić information content (AvgIpc) is 2.71. The minimum atomic E-state index is -0.310. The molecule has 7 heteroatoms. The number of hydrogen-bond donors (Lipinski definition) is 1. The summed E-state index contributed by atoms with van der Waals surface area (Å²) in [7, 11) is 3.13. The van der Waals surface area contributed by atoms with E-state index in [9.17, 15) is 9.59 Å². The van der Waals surface area contributed by atoms with Gasteiger partial charge < -0.3 is 24.4 Å². The highest BCUT2D eigenvalue weighted by atomic mass is 16.5. The van der Waals surface area contributed by atoms with Gasteiger partial charge in [-0.2, -0.15) is 0 Å². The van der Waals surface area contributed by atoms with Crippen LogP contribution in [0.25, 0.3) is 0 Å². The summed E-state index contributed by atoms with van der Waals surface area (Å²) < 4.78 is 16.3. The van der Waals surface area contributed by atoms with Crippen molar-refractivity contribution in [3.8, 4) is 17.2 Å². The van der Waals surface area contributed by atoms with E-state index in [1.165, 1.54) is 4.90 Å². The minimum Gasteiger partial charge on any atom is -0.497 e. The molecule has 0 spiro atoms. The molecule has 2 aromatic carbocycles. The van der Waals surface area contributed by atoms with Crippen molar-refractivity contribution in [1.82, 2.24) is 4.90 Å². The van der Waals surface area contributed by atoms with Crippen LogP contribution in [0.3, 0.4) is 0 Å². The Morgan fingerprint density at radius 1 is 1.00 bits per heavy atom. The second kappa shape index (κ2) is 10.8. The highest BCUT2D eigenvalue weighted by Crippen LogP contribution is 2.26. The zero-order valence-corrected chi connectivity index (χ0v) is 16.4. The van der Waals surface area contributed by atoms with Crippen molar-refractivity contribution >= 4 is 17.5 Å². The van der Waals surface area contributed by atoms with Crippen LogP contribution in [0.4, 0.5) is 5.69 Å². The molecular weight excluding hydrogens is 360 g/mol. The lowest BCUT2D eigenvalue weighted by molar-refractivity contribution is -0.135. The van der Waals surface area contributed by atoms with Crippen molar-refractivity contribution in [3.05, 3.63) is 48.5 Å². The molecule has 0 saturated heterocycles. The van der Waals surface area contributed by atoms with Crippen LogP contribution in [0, 0.1) is 0 Å². The van der Waals surface area contributed by atoms with Gasteiger partial charge in [-0.05, 0) is 42.8 Å². The lowest BCUT2D eigenvalue weighted by atomic mass is 10.3. The third-order valence-corrected chi connectivity index (χ3v) is 3.84. The van der Waals surface area contributed by atoms with Gasteiger partial charge in [0.25, 0.3) is 5.91 Å². The Kier molecular flexibility index (Phi) is 8.14. The maximum absolute atomic E-state index is 12.3. The monoisotopic (exact) mass is 386 g/mol. The SMILES string of the molecule is CCCOc1ccccc1OCC(=O)N(C)CC(=O)Nc1ccc(OC)cc1. The summed E-state index contributed by atoms with van der Waals surface area (Å²) >= 11 is 0. The molecule has 2 rings (SSSR count). The van der Waals surface area contributed by atoms with E-state index in [0.29, 0.717) is 29.5 Å².